The van der Waals surface area contributed by atoms with Gasteiger partial charge in [-0.1, -0.05) is 6.07 Å². The highest BCUT2D eigenvalue weighted by atomic mass is 19.1. The van der Waals surface area contributed by atoms with E-state index in [1.165, 1.54) is 12.1 Å². The molecule has 0 spiro atoms. The van der Waals surface area contributed by atoms with Gasteiger partial charge in [0.25, 0.3) is 0 Å². The summed E-state index contributed by atoms with van der Waals surface area (Å²) in [5, 5.41) is 8.78. The Kier molecular flexibility index (Phi) is 4.73. The lowest BCUT2D eigenvalue weighted by Gasteiger charge is -2.32. The summed E-state index contributed by atoms with van der Waals surface area (Å²) in [4.78, 5) is 10.7. The van der Waals surface area contributed by atoms with Gasteiger partial charge in [-0.2, -0.15) is 0 Å². The lowest BCUT2D eigenvalue weighted by molar-refractivity contribution is -0.106. The molecular formula is C15H19FO4. The molecule has 5 heteroatoms. The topological polar surface area (TPSA) is 55.8 Å². The van der Waals surface area contributed by atoms with Crippen molar-refractivity contribution in [3.8, 4) is 0 Å². The molecule has 1 aliphatic rings. The highest BCUT2D eigenvalue weighted by molar-refractivity contribution is 5.87. The summed E-state index contributed by atoms with van der Waals surface area (Å²) < 4.78 is 25.1. The Labute approximate surface area is 117 Å². The summed E-state index contributed by atoms with van der Waals surface area (Å²) >= 11 is 0. The van der Waals surface area contributed by atoms with Crippen molar-refractivity contribution in [2.45, 2.75) is 51.6 Å². The second-order valence-electron chi connectivity index (χ2n) is 5.27. The summed E-state index contributed by atoms with van der Waals surface area (Å²) in [6.07, 6.45) is 1.91. The highest BCUT2D eigenvalue weighted by Gasteiger charge is 2.25. The minimum absolute atomic E-state index is 0.0484. The van der Waals surface area contributed by atoms with E-state index in [0.29, 0.717) is 5.56 Å². The average molecular weight is 282 g/mol. The molecule has 2 rings (SSSR count). The van der Waals surface area contributed by atoms with E-state index in [0.717, 1.165) is 18.9 Å². The van der Waals surface area contributed by atoms with E-state index in [2.05, 4.69) is 0 Å². The van der Waals surface area contributed by atoms with Crippen molar-refractivity contribution in [3.63, 3.8) is 0 Å². The van der Waals surface area contributed by atoms with Crippen LogP contribution in [0.25, 0.3) is 0 Å². The molecule has 0 bridgehead atoms. The molecule has 0 radical (unpaired) electrons. The maximum absolute atomic E-state index is 13.7. The average Bonchev–Trinajstić information content (AvgIpc) is 2.36. The Morgan fingerprint density at radius 1 is 1.40 bits per heavy atom. The quantitative estimate of drug-likeness (QED) is 0.922. The summed E-state index contributed by atoms with van der Waals surface area (Å²) in [7, 11) is 0. The second kappa shape index (κ2) is 6.33. The molecule has 1 aromatic carbocycles. The molecule has 1 aliphatic heterocycles. The normalized spacial score (nSPS) is 26.4. The summed E-state index contributed by atoms with van der Waals surface area (Å²) in [6.45, 7) is 4.14. The van der Waals surface area contributed by atoms with Crippen LogP contribution >= 0.6 is 0 Å². The number of hydrogen-bond donors (Lipinski definition) is 1. The summed E-state index contributed by atoms with van der Waals surface area (Å²) in [6, 6.07) is 3.88. The van der Waals surface area contributed by atoms with Crippen molar-refractivity contribution in [2.75, 3.05) is 0 Å². The summed E-state index contributed by atoms with van der Waals surface area (Å²) in [5.41, 5.74) is 0.321. The Morgan fingerprint density at radius 3 is 2.60 bits per heavy atom. The molecule has 1 N–H and O–H groups in total. The van der Waals surface area contributed by atoms with Crippen molar-refractivity contribution >= 4 is 5.97 Å². The molecule has 2 atom stereocenters. The van der Waals surface area contributed by atoms with Crippen molar-refractivity contribution < 1.29 is 23.8 Å². The monoisotopic (exact) mass is 282 g/mol. The van der Waals surface area contributed by atoms with Crippen molar-refractivity contribution in [1.29, 1.82) is 0 Å². The predicted octanol–water partition coefficient (Wildman–Crippen LogP) is 3.00. The maximum Gasteiger partial charge on any atom is 0.335 e. The number of ether oxygens (including phenoxy) is 2. The zero-order valence-electron chi connectivity index (χ0n) is 11.6. The standard InChI is InChI=1S/C15H19FO4/c1-9-5-13(6-10(2)20-9)19-8-12-4-3-11(15(17)18)7-14(12)16/h3-4,7,9-10,13H,5-6,8H2,1-2H3,(H,17,18). The van der Waals surface area contributed by atoms with E-state index in [4.69, 9.17) is 14.6 Å². The van der Waals surface area contributed by atoms with Crippen LogP contribution in [-0.4, -0.2) is 29.4 Å². The first-order valence-corrected chi connectivity index (χ1v) is 6.74. The van der Waals surface area contributed by atoms with Crippen LogP contribution in [0.5, 0.6) is 0 Å². The number of carboxylic acids is 1. The molecule has 0 aliphatic carbocycles. The molecule has 1 saturated heterocycles. The number of hydrogen-bond acceptors (Lipinski definition) is 3. The molecule has 110 valence electrons. The Hall–Kier alpha value is -1.46. The van der Waals surface area contributed by atoms with Gasteiger partial charge in [0.1, 0.15) is 5.82 Å². The smallest absolute Gasteiger partial charge is 0.335 e. The fraction of sp³-hybridized carbons (Fsp3) is 0.533. The van der Waals surface area contributed by atoms with E-state index in [9.17, 15) is 9.18 Å². The van der Waals surface area contributed by atoms with Gasteiger partial charge < -0.3 is 14.6 Å². The first-order valence-electron chi connectivity index (χ1n) is 6.74. The molecule has 0 aromatic heterocycles. The summed E-state index contributed by atoms with van der Waals surface area (Å²) in [5.74, 6) is -1.68. The second-order valence-corrected chi connectivity index (χ2v) is 5.27. The maximum atomic E-state index is 13.7. The van der Waals surface area contributed by atoms with Crippen molar-refractivity contribution in [3.05, 3.63) is 35.1 Å². The van der Waals surface area contributed by atoms with E-state index in [1.54, 1.807) is 0 Å². The highest BCUT2D eigenvalue weighted by Crippen LogP contribution is 2.23. The number of carboxylic acid groups (broad SMARTS) is 1. The molecule has 4 nitrogen and oxygen atoms in total. The number of halogens is 1. The number of aromatic carboxylic acids is 1. The molecule has 2 unspecified atom stereocenters. The molecule has 0 amide bonds. The van der Waals surface area contributed by atoms with Crippen LogP contribution in [0, 0.1) is 5.82 Å². The Balaban J connectivity index is 1.95. The largest absolute Gasteiger partial charge is 0.478 e. The van der Waals surface area contributed by atoms with Gasteiger partial charge in [-0.3, -0.25) is 0 Å². The first kappa shape index (κ1) is 14.9. The van der Waals surface area contributed by atoms with Gasteiger partial charge in [-0.05, 0) is 38.8 Å². The van der Waals surface area contributed by atoms with Crippen molar-refractivity contribution in [1.82, 2.24) is 0 Å². The van der Waals surface area contributed by atoms with Crippen LogP contribution in [0.4, 0.5) is 4.39 Å². The van der Waals surface area contributed by atoms with Gasteiger partial charge in [0, 0.05) is 5.56 Å². The van der Waals surface area contributed by atoms with Crippen LogP contribution in [0.15, 0.2) is 18.2 Å². The fourth-order valence-corrected chi connectivity index (χ4v) is 2.49. The van der Waals surface area contributed by atoms with Crippen LogP contribution in [-0.2, 0) is 16.1 Å². The first-order chi connectivity index (χ1) is 9.45. The van der Waals surface area contributed by atoms with Crippen LogP contribution in [0.1, 0.15) is 42.6 Å². The van der Waals surface area contributed by atoms with Gasteiger partial charge in [0.05, 0.1) is 30.5 Å². The minimum Gasteiger partial charge on any atom is -0.478 e. The molecule has 1 heterocycles. The predicted molar refractivity (Wildman–Crippen MR) is 71.2 cm³/mol. The van der Waals surface area contributed by atoms with Crippen LogP contribution < -0.4 is 0 Å². The molecule has 0 saturated carbocycles. The van der Waals surface area contributed by atoms with E-state index < -0.39 is 11.8 Å². The van der Waals surface area contributed by atoms with Gasteiger partial charge in [-0.15, -0.1) is 0 Å². The number of rotatable bonds is 4. The third-order valence-corrected chi connectivity index (χ3v) is 3.43. The molecular weight excluding hydrogens is 263 g/mol. The van der Waals surface area contributed by atoms with Gasteiger partial charge in [-0.25, -0.2) is 9.18 Å². The number of benzene rings is 1. The van der Waals surface area contributed by atoms with E-state index >= 15 is 0 Å². The fourth-order valence-electron chi connectivity index (χ4n) is 2.49. The zero-order valence-corrected chi connectivity index (χ0v) is 11.6. The van der Waals surface area contributed by atoms with Crippen LogP contribution in [0.2, 0.25) is 0 Å². The molecule has 1 aromatic rings. The zero-order chi connectivity index (χ0) is 14.7. The molecule has 20 heavy (non-hydrogen) atoms. The molecule has 1 fully saturated rings. The van der Waals surface area contributed by atoms with Gasteiger partial charge in [0.2, 0.25) is 0 Å². The minimum atomic E-state index is -1.14. The Morgan fingerprint density at radius 2 is 2.05 bits per heavy atom. The van der Waals surface area contributed by atoms with Crippen LogP contribution in [0.3, 0.4) is 0 Å². The van der Waals surface area contributed by atoms with E-state index in [-0.39, 0.29) is 30.5 Å². The van der Waals surface area contributed by atoms with Gasteiger partial charge in [0.15, 0.2) is 0 Å². The van der Waals surface area contributed by atoms with Crippen molar-refractivity contribution in [2.24, 2.45) is 0 Å². The third-order valence-electron chi connectivity index (χ3n) is 3.43. The third kappa shape index (κ3) is 3.77. The number of carbonyl (C=O) groups is 1. The van der Waals surface area contributed by atoms with E-state index in [1.807, 2.05) is 13.8 Å². The Bertz CT molecular complexity index is 479. The lowest BCUT2D eigenvalue weighted by Crippen LogP contribution is -2.34. The SMILES string of the molecule is CC1CC(OCc2ccc(C(=O)O)cc2F)CC(C)O1. The van der Waals surface area contributed by atoms with Gasteiger partial charge >= 0.3 is 5.97 Å². The lowest BCUT2D eigenvalue weighted by atomic mass is 10.0.